The third-order valence-electron chi connectivity index (χ3n) is 2.46. The normalized spacial score (nSPS) is 13.2. The fraction of sp³-hybridized carbons (Fsp3) is 0.545. The molecule has 1 rings (SSSR count). The Morgan fingerprint density at radius 2 is 2.16 bits per heavy atom. The first-order valence-electron chi connectivity index (χ1n) is 5.89. The lowest BCUT2D eigenvalue weighted by Crippen LogP contribution is -2.25. The summed E-state index contributed by atoms with van der Waals surface area (Å²) in [5.41, 5.74) is 5.56. The highest BCUT2D eigenvalue weighted by atomic mass is 32.2. The van der Waals surface area contributed by atoms with Gasteiger partial charge in [0.2, 0.25) is 15.9 Å². The van der Waals surface area contributed by atoms with Crippen molar-refractivity contribution in [2.45, 2.75) is 36.6 Å². The first-order valence-corrected chi connectivity index (χ1v) is 8.19. The minimum absolute atomic E-state index is 0.000128. The van der Waals surface area contributed by atoms with Crippen molar-refractivity contribution in [2.24, 2.45) is 5.73 Å². The standard InChI is InChI=1S/C11H19N3O3S2/c1-8(12)3-5-10(15)14-7-9-4-6-11(18-9)19(16,17)13-2/h4,6,8,13H,3,5,7,12H2,1-2H3,(H,14,15). The lowest BCUT2D eigenvalue weighted by molar-refractivity contribution is -0.121. The zero-order chi connectivity index (χ0) is 14.5. The molecule has 0 fully saturated rings. The van der Waals surface area contributed by atoms with Crippen molar-refractivity contribution in [3.63, 3.8) is 0 Å². The van der Waals surface area contributed by atoms with Gasteiger partial charge < -0.3 is 11.1 Å². The van der Waals surface area contributed by atoms with Crippen molar-refractivity contribution in [3.05, 3.63) is 17.0 Å². The van der Waals surface area contributed by atoms with Gasteiger partial charge in [-0.2, -0.15) is 0 Å². The summed E-state index contributed by atoms with van der Waals surface area (Å²) >= 11 is 1.14. The maximum absolute atomic E-state index is 11.5. The van der Waals surface area contributed by atoms with Gasteiger partial charge in [-0.05, 0) is 32.5 Å². The van der Waals surface area contributed by atoms with Crippen molar-refractivity contribution >= 4 is 27.3 Å². The topological polar surface area (TPSA) is 101 Å². The van der Waals surface area contributed by atoms with Gasteiger partial charge in [0.1, 0.15) is 4.21 Å². The molecule has 0 saturated carbocycles. The number of amides is 1. The number of hydrogen-bond acceptors (Lipinski definition) is 5. The quantitative estimate of drug-likeness (QED) is 0.678. The first kappa shape index (κ1) is 16.1. The van der Waals surface area contributed by atoms with Crippen LogP contribution in [0.25, 0.3) is 0 Å². The van der Waals surface area contributed by atoms with Crippen LogP contribution < -0.4 is 15.8 Å². The fourth-order valence-electron chi connectivity index (χ4n) is 1.33. The number of thiophene rings is 1. The number of carbonyl (C=O) groups excluding carboxylic acids is 1. The van der Waals surface area contributed by atoms with Crippen molar-refractivity contribution in [1.29, 1.82) is 0 Å². The molecular formula is C11H19N3O3S2. The Morgan fingerprint density at radius 1 is 1.47 bits per heavy atom. The van der Waals surface area contributed by atoms with Crippen LogP contribution in [-0.4, -0.2) is 27.4 Å². The third-order valence-corrected chi connectivity index (χ3v) is 5.45. The van der Waals surface area contributed by atoms with Gasteiger partial charge >= 0.3 is 0 Å². The Hall–Kier alpha value is -0.960. The molecule has 19 heavy (non-hydrogen) atoms. The third kappa shape index (κ3) is 5.27. The summed E-state index contributed by atoms with van der Waals surface area (Å²) in [7, 11) is -2.03. The molecule has 0 aromatic carbocycles. The van der Waals surface area contributed by atoms with Crippen LogP contribution in [0.3, 0.4) is 0 Å². The monoisotopic (exact) mass is 305 g/mol. The lowest BCUT2D eigenvalue weighted by atomic mass is 10.2. The van der Waals surface area contributed by atoms with Crippen LogP contribution in [0.2, 0.25) is 0 Å². The van der Waals surface area contributed by atoms with Gasteiger partial charge in [-0.15, -0.1) is 11.3 Å². The van der Waals surface area contributed by atoms with E-state index in [0.29, 0.717) is 19.4 Å². The zero-order valence-corrected chi connectivity index (χ0v) is 12.6. The molecule has 0 aliphatic rings. The molecule has 1 unspecified atom stereocenters. The minimum atomic E-state index is -3.40. The Bertz CT molecular complexity index is 523. The molecule has 0 saturated heterocycles. The lowest BCUT2D eigenvalue weighted by Gasteiger charge is -2.05. The van der Waals surface area contributed by atoms with Crippen LogP contribution >= 0.6 is 11.3 Å². The van der Waals surface area contributed by atoms with Gasteiger partial charge in [0, 0.05) is 17.3 Å². The number of rotatable bonds is 7. The molecule has 1 aromatic heterocycles. The van der Waals surface area contributed by atoms with E-state index in [9.17, 15) is 13.2 Å². The Morgan fingerprint density at radius 3 is 2.74 bits per heavy atom. The summed E-state index contributed by atoms with van der Waals surface area (Å²) < 4.78 is 25.6. The summed E-state index contributed by atoms with van der Waals surface area (Å²) in [5.74, 6) is -0.0799. The van der Waals surface area contributed by atoms with E-state index < -0.39 is 10.0 Å². The second-order valence-corrected chi connectivity index (χ2v) is 7.50. The maximum Gasteiger partial charge on any atom is 0.249 e. The number of hydrogen-bond donors (Lipinski definition) is 3. The van der Waals surface area contributed by atoms with Gasteiger partial charge in [-0.1, -0.05) is 0 Å². The molecular weight excluding hydrogens is 286 g/mol. The van der Waals surface area contributed by atoms with Crippen LogP contribution in [0.5, 0.6) is 0 Å². The Kier molecular flexibility index (Phi) is 5.92. The molecule has 6 nitrogen and oxygen atoms in total. The number of sulfonamides is 1. The second-order valence-electron chi connectivity index (χ2n) is 4.22. The number of nitrogens with two attached hydrogens (primary N) is 1. The summed E-state index contributed by atoms with van der Waals surface area (Å²) in [6, 6.07) is 3.22. The van der Waals surface area contributed by atoms with E-state index in [1.54, 1.807) is 6.07 Å². The van der Waals surface area contributed by atoms with Crippen molar-refractivity contribution in [1.82, 2.24) is 10.0 Å². The molecule has 0 radical (unpaired) electrons. The van der Waals surface area contributed by atoms with Gasteiger partial charge in [-0.3, -0.25) is 4.79 Å². The van der Waals surface area contributed by atoms with Gasteiger partial charge in [0.05, 0.1) is 6.54 Å². The average Bonchev–Trinajstić information content (AvgIpc) is 2.83. The van der Waals surface area contributed by atoms with Gasteiger partial charge in [-0.25, -0.2) is 13.1 Å². The molecule has 8 heteroatoms. The Balaban J connectivity index is 2.49. The highest BCUT2D eigenvalue weighted by Gasteiger charge is 2.14. The van der Waals surface area contributed by atoms with E-state index in [0.717, 1.165) is 16.2 Å². The summed E-state index contributed by atoms with van der Waals surface area (Å²) in [6.07, 6.45) is 1.01. The van der Waals surface area contributed by atoms with Crippen molar-refractivity contribution in [2.75, 3.05) is 7.05 Å². The van der Waals surface area contributed by atoms with Crippen LogP contribution in [0.4, 0.5) is 0 Å². The predicted molar refractivity (Wildman–Crippen MR) is 75.3 cm³/mol. The van der Waals surface area contributed by atoms with Crippen molar-refractivity contribution in [3.8, 4) is 0 Å². The molecule has 1 heterocycles. The zero-order valence-electron chi connectivity index (χ0n) is 11.0. The molecule has 108 valence electrons. The Labute approximate surface area is 117 Å². The van der Waals surface area contributed by atoms with Crippen LogP contribution in [0.15, 0.2) is 16.3 Å². The maximum atomic E-state index is 11.5. The number of carbonyl (C=O) groups is 1. The van der Waals surface area contributed by atoms with Crippen molar-refractivity contribution < 1.29 is 13.2 Å². The summed E-state index contributed by atoms with van der Waals surface area (Å²) in [6.45, 7) is 2.18. The van der Waals surface area contributed by atoms with E-state index in [1.165, 1.54) is 13.1 Å². The van der Waals surface area contributed by atoms with Crippen LogP contribution in [0, 0.1) is 0 Å². The number of nitrogens with one attached hydrogen (secondary N) is 2. The molecule has 0 aliphatic heterocycles. The average molecular weight is 305 g/mol. The van der Waals surface area contributed by atoms with E-state index >= 15 is 0 Å². The second kappa shape index (κ2) is 6.99. The minimum Gasteiger partial charge on any atom is -0.351 e. The smallest absolute Gasteiger partial charge is 0.249 e. The molecule has 0 bridgehead atoms. The predicted octanol–water partition coefficient (Wildman–Crippen LogP) is 0.400. The molecule has 4 N–H and O–H groups in total. The van der Waals surface area contributed by atoms with E-state index in [2.05, 4.69) is 10.0 Å². The summed E-state index contributed by atoms with van der Waals surface area (Å²) in [4.78, 5) is 12.3. The van der Waals surface area contributed by atoms with E-state index in [4.69, 9.17) is 5.73 Å². The molecule has 0 spiro atoms. The van der Waals surface area contributed by atoms with Crippen LogP contribution in [0.1, 0.15) is 24.6 Å². The molecule has 1 atom stereocenters. The van der Waals surface area contributed by atoms with Crippen LogP contribution in [-0.2, 0) is 21.4 Å². The van der Waals surface area contributed by atoms with Gasteiger partial charge in [0.25, 0.3) is 0 Å². The summed E-state index contributed by atoms with van der Waals surface area (Å²) in [5, 5.41) is 2.74. The first-order chi connectivity index (χ1) is 8.85. The van der Waals surface area contributed by atoms with E-state index in [1.807, 2.05) is 6.92 Å². The molecule has 1 amide bonds. The van der Waals surface area contributed by atoms with Gasteiger partial charge in [0.15, 0.2) is 0 Å². The fourth-order valence-corrected chi connectivity index (χ4v) is 3.46. The molecule has 1 aromatic rings. The highest BCUT2D eigenvalue weighted by Crippen LogP contribution is 2.20. The molecule has 0 aliphatic carbocycles. The highest BCUT2D eigenvalue weighted by molar-refractivity contribution is 7.91. The van der Waals surface area contributed by atoms with E-state index in [-0.39, 0.29) is 16.2 Å². The largest absolute Gasteiger partial charge is 0.351 e. The SMILES string of the molecule is CNS(=O)(=O)c1ccc(CNC(=O)CCC(C)N)s1.